The highest BCUT2D eigenvalue weighted by atomic mass is 16.5. The number of ether oxygens (including phenoxy) is 1. The van der Waals surface area contributed by atoms with Crippen LogP contribution in [0.2, 0.25) is 0 Å². The number of nitrogens with zero attached hydrogens (tertiary/aromatic N) is 1. The predicted molar refractivity (Wildman–Crippen MR) is 89.2 cm³/mol. The lowest BCUT2D eigenvalue weighted by Crippen LogP contribution is -2.25. The number of hydrogen-bond donors (Lipinski definition) is 0. The van der Waals surface area contributed by atoms with Gasteiger partial charge in [0, 0.05) is 29.9 Å². The summed E-state index contributed by atoms with van der Waals surface area (Å²) in [7, 11) is 1.96. The Balaban J connectivity index is 1.72. The van der Waals surface area contributed by atoms with E-state index in [0.29, 0.717) is 5.92 Å². The Hall–Kier alpha value is -2.10. The largest absolute Gasteiger partial charge is 0.457 e. The highest BCUT2D eigenvalue weighted by Crippen LogP contribution is 2.46. The van der Waals surface area contributed by atoms with Crippen molar-refractivity contribution in [3.8, 4) is 0 Å². The van der Waals surface area contributed by atoms with E-state index >= 15 is 0 Å². The molecule has 1 aliphatic heterocycles. The molecule has 4 nitrogen and oxygen atoms in total. The van der Waals surface area contributed by atoms with Crippen molar-refractivity contribution in [2.45, 2.75) is 32.6 Å². The summed E-state index contributed by atoms with van der Waals surface area (Å²) >= 11 is 0. The molecule has 0 spiro atoms. The van der Waals surface area contributed by atoms with Crippen molar-refractivity contribution in [1.82, 2.24) is 0 Å². The van der Waals surface area contributed by atoms with Gasteiger partial charge >= 0.3 is 5.97 Å². The van der Waals surface area contributed by atoms with Crippen LogP contribution >= 0.6 is 0 Å². The highest BCUT2D eigenvalue weighted by Gasteiger charge is 2.41. The number of fused-ring (bicyclic) bond motifs is 1. The van der Waals surface area contributed by atoms with Crippen molar-refractivity contribution in [1.29, 1.82) is 0 Å². The molecule has 1 aliphatic carbocycles. The molecule has 2 atom stereocenters. The maximum atomic E-state index is 12.2. The van der Waals surface area contributed by atoms with E-state index in [0.717, 1.165) is 17.8 Å². The fourth-order valence-corrected chi connectivity index (χ4v) is 3.35. The molecular formula is C19H23NO3. The fourth-order valence-electron chi connectivity index (χ4n) is 3.35. The van der Waals surface area contributed by atoms with E-state index in [2.05, 4.69) is 26.0 Å². The number of hydrogen-bond acceptors (Lipinski definition) is 4. The molecule has 23 heavy (non-hydrogen) atoms. The second-order valence-corrected chi connectivity index (χ2v) is 7.12. The van der Waals surface area contributed by atoms with Crippen LogP contribution in [0.4, 0.5) is 5.69 Å². The number of allylic oxidation sites excluding steroid dienone is 1. The Labute approximate surface area is 137 Å². The molecule has 0 aromatic heterocycles. The maximum absolute atomic E-state index is 12.2. The maximum Gasteiger partial charge on any atom is 0.309 e. The standard InChI is InChI=1S/C19H23NO3/c1-12-9-14(12)18(22)23-11-13(21)10-17-19(2,3)15-7-5-6-8-16(15)20(17)4/h5-8,10,12,14H,9,11H2,1-4H3/b17-10-/t12-,14-/m1/s1. The molecule has 0 radical (unpaired) electrons. The second kappa shape index (κ2) is 5.52. The van der Waals surface area contributed by atoms with Gasteiger partial charge in [0.1, 0.15) is 0 Å². The van der Waals surface area contributed by atoms with Crippen molar-refractivity contribution in [2.24, 2.45) is 11.8 Å². The Morgan fingerprint density at radius 1 is 1.35 bits per heavy atom. The van der Waals surface area contributed by atoms with Crippen LogP contribution in [-0.4, -0.2) is 25.4 Å². The van der Waals surface area contributed by atoms with Crippen molar-refractivity contribution >= 4 is 17.4 Å². The van der Waals surface area contributed by atoms with E-state index in [4.69, 9.17) is 4.74 Å². The lowest BCUT2D eigenvalue weighted by molar-refractivity contribution is -0.148. The number of carbonyl (C=O) groups is 2. The second-order valence-electron chi connectivity index (χ2n) is 7.12. The lowest BCUT2D eigenvalue weighted by atomic mass is 9.83. The lowest BCUT2D eigenvalue weighted by Gasteiger charge is -2.23. The number of rotatable bonds is 4. The summed E-state index contributed by atoms with van der Waals surface area (Å²) < 4.78 is 5.14. The Morgan fingerprint density at radius 3 is 2.61 bits per heavy atom. The number of ketones is 1. The molecule has 0 N–H and O–H groups in total. The van der Waals surface area contributed by atoms with Crippen LogP contribution in [0.1, 0.15) is 32.8 Å². The zero-order valence-electron chi connectivity index (χ0n) is 14.1. The molecule has 1 fully saturated rings. The SMILES string of the molecule is C[C@@H]1C[C@H]1C(=O)OCC(=O)/C=C1\N(C)c2ccccc2C1(C)C. The highest BCUT2D eigenvalue weighted by molar-refractivity contribution is 5.94. The number of benzene rings is 1. The molecule has 0 bridgehead atoms. The first kappa shape index (κ1) is 15.8. The monoisotopic (exact) mass is 313 g/mol. The zero-order chi connectivity index (χ0) is 16.8. The number of esters is 1. The van der Waals surface area contributed by atoms with E-state index in [-0.39, 0.29) is 29.7 Å². The molecule has 0 amide bonds. The first-order chi connectivity index (χ1) is 10.8. The summed E-state index contributed by atoms with van der Waals surface area (Å²) in [5, 5.41) is 0. The fraction of sp³-hybridized carbons (Fsp3) is 0.474. The normalized spacial score (nSPS) is 26.1. The van der Waals surface area contributed by atoms with E-state index in [1.165, 1.54) is 5.56 Å². The van der Waals surface area contributed by atoms with Crippen molar-refractivity contribution in [2.75, 3.05) is 18.6 Å². The average Bonchev–Trinajstić information content (AvgIpc) is 3.22. The van der Waals surface area contributed by atoms with Crippen molar-refractivity contribution in [3.63, 3.8) is 0 Å². The van der Waals surface area contributed by atoms with Crippen LogP contribution in [-0.2, 0) is 19.7 Å². The quantitative estimate of drug-likeness (QED) is 0.633. The molecule has 4 heteroatoms. The molecular weight excluding hydrogens is 290 g/mol. The third-order valence-corrected chi connectivity index (χ3v) is 5.01. The summed E-state index contributed by atoms with van der Waals surface area (Å²) in [4.78, 5) is 26.0. The van der Waals surface area contributed by atoms with E-state index in [9.17, 15) is 9.59 Å². The van der Waals surface area contributed by atoms with Crippen molar-refractivity contribution < 1.29 is 14.3 Å². The summed E-state index contributed by atoms with van der Waals surface area (Å²) in [6, 6.07) is 8.15. The van der Waals surface area contributed by atoms with Crippen LogP contribution in [0.3, 0.4) is 0 Å². The van der Waals surface area contributed by atoms with Gasteiger partial charge in [-0.3, -0.25) is 9.59 Å². The Bertz CT molecular complexity index is 690. The third kappa shape index (κ3) is 2.78. The number of anilines is 1. The average molecular weight is 313 g/mol. The van der Waals surface area contributed by atoms with Gasteiger partial charge in [-0.2, -0.15) is 0 Å². The minimum atomic E-state index is -0.244. The topological polar surface area (TPSA) is 46.6 Å². The van der Waals surface area contributed by atoms with Gasteiger partial charge in [0.15, 0.2) is 12.4 Å². The van der Waals surface area contributed by atoms with Crippen LogP contribution in [0.15, 0.2) is 36.0 Å². The van der Waals surface area contributed by atoms with Gasteiger partial charge in [-0.25, -0.2) is 0 Å². The van der Waals surface area contributed by atoms with Gasteiger partial charge < -0.3 is 9.64 Å². The van der Waals surface area contributed by atoms with E-state index in [1.54, 1.807) is 6.08 Å². The minimum Gasteiger partial charge on any atom is -0.457 e. The number of likely N-dealkylation sites (N-methyl/N-ethyl adjacent to an activating group) is 1. The Kier molecular flexibility index (Phi) is 3.78. The number of carbonyl (C=O) groups excluding carboxylic acids is 2. The predicted octanol–water partition coefficient (Wildman–Crippen LogP) is 3.07. The van der Waals surface area contributed by atoms with Crippen LogP contribution < -0.4 is 4.90 Å². The molecule has 0 saturated heterocycles. The minimum absolute atomic E-state index is 0.00898. The van der Waals surface area contributed by atoms with Gasteiger partial charge in [0.05, 0.1) is 5.92 Å². The molecule has 2 aliphatic rings. The molecule has 3 rings (SSSR count). The van der Waals surface area contributed by atoms with Crippen LogP contribution in [0.5, 0.6) is 0 Å². The molecule has 1 aromatic rings. The summed E-state index contributed by atoms with van der Waals surface area (Å²) in [6.07, 6.45) is 2.49. The first-order valence-corrected chi connectivity index (χ1v) is 8.07. The van der Waals surface area contributed by atoms with E-state index < -0.39 is 0 Å². The summed E-state index contributed by atoms with van der Waals surface area (Å²) in [6.45, 7) is 6.05. The zero-order valence-corrected chi connectivity index (χ0v) is 14.1. The summed E-state index contributed by atoms with van der Waals surface area (Å²) in [5.74, 6) is -0.0309. The number of para-hydroxylation sites is 1. The third-order valence-electron chi connectivity index (χ3n) is 5.01. The smallest absolute Gasteiger partial charge is 0.309 e. The van der Waals surface area contributed by atoms with Crippen LogP contribution in [0.25, 0.3) is 0 Å². The molecule has 0 unspecified atom stereocenters. The summed E-state index contributed by atoms with van der Waals surface area (Å²) in [5.41, 5.74) is 3.00. The first-order valence-electron chi connectivity index (χ1n) is 8.07. The van der Waals surface area contributed by atoms with Crippen molar-refractivity contribution in [3.05, 3.63) is 41.6 Å². The van der Waals surface area contributed by atoms with Crippen LogP contribution in [0, 0.1) is 11.8 Å². The molecule has 1 aromatic carbocycles. The van der Waals surface area contributed by atoms with Gasteiger partial charge in [-0.1, -0.05) is 39.0 Å². The Morgan fingerprint density at radius 2 is 2.00 bits per heavy atom. The molecule has 1 saturated carbocycles. The van der Waals surface area contributed by atoms with E-state index in [1.807, 2.05) is 31.0 Å². The van der Waals surface area contributed by atoms with Gasteiger partial charge in [0.2, 0.25) is 0 Å². The molecule has 1 heterocycles. The molecule has 122 valence electrons. The van der Waals surface area contributed by atoms with Gasteiger partial charge in [-0.05, 0) is 24.0 Å². The van der Waals surface area contributed by atoms with Gasteiger partial charge in [0.25, 0.3) is 0 Å². The van der Waals surface area contributed by atoms with Gasteiger partial charge in [-0.15, -0.1) is 0 Å².